The first-order valence-corrected chi connectivity index (χ1v) is 9.55. The zero-order valence-corrected chi connectivity index (χ0v) is 16.3. The summed E-state index contributed by atoms with van der Waals surface area (Å²) in [4.78, 5) is 0. The number of phenolic OH excluding ortho intramolecular Hbond substituents is 4. The van der Waals surface area contributed by atoms with E-state index in [0.29, 0.717) is 25.7 Å². The number of aromatic hydroxyl groups is 4. The molecule has 0 aromatic heterocycles. The summed E-state index contributed by atoms with van der Waals surface area (Å²) in [6, 6.07) is 9.30. The second kappa shape index (κ2) is 9.66. The summed E-state index contributed by atoms with van der Waals surface area (Å²) in [5, 5.41) is 58.8. The molecule has 2 aromatic rings. The van der Waals surface area contributed by atoms with Crippen LogP contribution in [0.25, 0.3) is 0 Å². The summed E-state index contributed by atoms with van der Waals surface area (Å²) in [5.41, 5.74) is 1.61. The summed E-state index contributed by atoms with van der Waals surface area (Å²) < 4.78 is 0. The van der Waals surface area contributed by atoms with Crippen LogP contribution in [-0.2, 0) is 12.8 Å². The average molecular weight is 390 g/mol. The molecule has 0 aliphatic carbocycles. The van der Waals surface area contributed by atoms with Crippen LogP contribution in [0.3, 0.4) is 0 Å². The molecule has 6 N–H and O–H groups in total. The van der Waals surface area contributed by atoms with Gasteiger partial charge in [-0.2, -0.15) is 0 Å². The topological polar surface area (TPSA) is 121 Å². The molecule has 2 rings (SSSR count). The van der Waals surface area contributed by atoms with Crippen LogP contribution >= 0.6 is 0 Å². The molecule has 0 heterocycles. The Morgan fingerprint density at radius 1 is 0.679 bits per heavy atom. The lowest BCUT2D eigenvalue weighted by molar-refractivity contribution is 0.0751. The summed E-state index contributed by atoms with van der Waals surface area (Å²) >= 11 is 0. The van der Waals surface area contributed by atoms with Crippen LogP contribution < -0.4 is 0 Å². The SMILES string of the molecule is C[C@H](O)CC[C@H](Cc1ccc(O)c(O)c1)[C@@H](Cc1ccc(O)c(O)c1)[C@H](C)O. The molecule has 0 saturated carbocycles. The van der Waals surface area contributed by atoms with Gasteiger partial charge in [-0.1, -0.05) is 12.1 Å². The molecule has 0 radical (unpaired) electrons. The molecular weight excluding hydrogens is 360 g/mol. The van der Waals surface area contributed by atoms with Crippen molar-refractivity contribution in [1.82, 2.24) is 0 Å². The van der Waals surface area contributed by atoms with Gasteiger partial charge >= 0.3 is 0 Å². The molecule has 0 fully saturated rings. The maximum Gasteiger partial charge on any atom is 0.157 e. The van der Waals surface area contributed by atoms with Crippen LogP contribution in [0.4, 0.5) is 0 Å². The van der Waals surface area contributed by atoms with Gasteiger partial charge in [-0.25, -0.2) is 0 Å². The van der Waals surface area contributed by atoms with Crippen molar-refractivity contribution in [3.8, 4) is 23.0 Å². The smallest absolute Gasteiger partial charge is 0.157 e. The maximum atomic E-state index is 10.4. The minimum absolute atomic E-state index is 0.00510. The summed E-state index contributed by atoms with van der Waals surface area (Å²) in [7, 11) is 0. The normalized spacial score (nSPS) is 15.7. The first-order valence-electron chi connectivity index (χ1n) is 9.55. The molecule has 6 heteroatoms. The van der Waals surface area contributed by atoms with E-state index in [9.17, 15) is 30.6 Å². The molecule has 28 heavy (non-hydrogen) atoms. The number of aliphatic hydroxyl groups is 2. The van der Waals surface area contributed by atoms with Gasteiger partial charge in [-0.05, 0) is 86.8 Å². The van der Waals surface area contributed by atoms with E-state index in [0.717, 1.165) is 11.1 Å². The van der Waals surface area contributed by atoms with Crippen LogP contribution in [0, 0.1) is 11.8 Å². The van der Waals surface area contributed by atoms with Gasteiger partial charge in [-0.3, -0.25) is 0 Å². The fourth-order valence-corrected chi connectivity index (χ4v) is 3.62. The molecular formula is C22H30O6. The first-order chi connectivity index (χ1) is 13.2. The Kier molecular flexibility index (Phi) is 7.54. The molecule has 4 atom stereocenters. The van der Waals surface area contributed by atoms with Crippen molar-refractivity contribution in [1.29, 1.82) is 0 Å². The van der Waals surface area contributed by atoms with Gasteiger partial charge in [-0.15, -0.1) is 0 Å². The number of phenols is 4. The van der Waals surface area contributed by atoms with Gasteiger partial charge in [0, 0.05) is 0 Å². The van der Waals surface area contributed by atoms with Crippen molar-refractivity contribution in [2.75, 3.05) is 0 Å². The zero-order chi connectivity index (χ0) is 20.8. The van der Waals surface area contributed by atoms with E-state index in [1.165, 1.54) is 24.3 Å². The Balaban J connectivity index is 2.27. The monoisotopic (exact) mass is 390 g/mol. The lowest BCUT2D eigenvalue weighted by Crippen LogP contribution is -2.30. The third-order valence-electron chi connectivity index (χ3n) is 5.23. The molecule has 0 amide bonds. The van der Waals surface area contributed by atoms with Gasteiger partial charge in [0.15, 0.2) is 23.0 Å². The minimum Gasteiger partial charge on any atom is -0.504 e. The van der Waals surface area contributed by atoms with Crippen LogP contribution in [0.5, 0.6) is 23.0 Å². The van der Waals surface area contributed by atoms with E-state index in [1.54, 1.807) is 26.0 Å². The second-order valence-electron chi connectivity index (χ2n) is 7.65. The van der Waals surface area contributed by atoms with Crippen molar-refractivity contribution in [3.05, 3.63) is 47.5 Å². The third-order valence-corrected chi connectivity index (χ3v) is 5.23. The number of benzene rings is 2. The molecule has 0 aliphatic heterocycles. The molecule has 2 aromatic carbocycles. The van der Waals surface area contributed by atoms with Gasteiger partial charge in [0.1, 0.15) is 0 Å². The molecule has 0 saturated heterocycles. The maximum absolute atomic E-state index is 10.4. The van der Waals surface area contributed by atoms with Crippen LogP contribution in [-0.4, -0.2) is 42.8 Å². The van der Waals surface area contributed by atoms with E-state index < -0.39 is 12.2 Å². The molecule has 0 aliphatic rings. The standard InChI is InChI=1S/C22H30O6/c1-13(23)3-6-17(9-15-4-7-19(25)21(27)11-15)18(14(2)24)10-16-5-8-20(26)22(28)12-16/h4-5,7-8,11-14,17-18,23-28H,3,6,9-10H2,1-2H3/t13-,14-,17+,18-/m0/s1. The lowest BCUT2D eigenvalue weighted by atomic mass is 9.77. The fourth-order valence-electron chi connectivity index (χ4n) is 3.62. The van der Waals surface area contributed by atoms with E-state index in [2.05, 4.69) is 0 Å². The Morgan fingerprint density at radius 2 is 1.18 bits per heavy atom. The van der Waals surface area contributed by atoms with Crippen molar-refractivity contribution in [2.24, 2.45) is 11.8 Å². The highest BCUT2D eigenvalue weighted by Crippen LogP contribution is 2.33. The quantitative estimate of drug-likeness (QED) is 0.366. The minimum atomic E-state index is -0.638. The molecule has 0 unspecified atom stereocenters. The second-order valence-corrected chi connectivity index (χ2v) is 7.65. The summed E-state index contributed by atoms with van der Waals surface area (Å²) in [6.45, 7) is 3.44. The highest BCUT2D eigenvalue weighted by atomic mass is 16.3. The number of hydrogen-bond acceptors (Lipinski definition) is 6. The predicted octanol–water partition coefficient (Wildman–Crippen LogP) is 3.07. The Morgan fingerprint density at radius 3 is 1.61 bits per heavy atom. The van der Waals surface area contributed by atoms with Gasteiger partial charge in [0.2, 0.25) is 0 Å². The zero-order valence-electron chi connectivity index (χ0n) is 16.3. The average Bonchev–Trinajstić information content (AvgIpc) is 2.62. The molecule has 0 spiro atoms. The molecule has 154 valence electrons. The predicted molar refractivity (Wildman–Crippen MR) is 107 cm³/mol. The molecule has 6 nitrogen and oxygen atoms in total. The summed E-state index contributed by atoms with van der Waals surface area (Å²) in [5.74, 6) is -0.943. The van der Waals surface area contributed by atoms with E-state index in [4.69, 9.17) is 0 Å². The largest absolute Gasteiger partial charge is 0.504 e. The first kappa shape index (κ1) is 21.9. The van der Waals surface area contributed by atoms with Crippen molar-refractivity contribution < 1.29 is 30.6 Å². The van der Waals surface area contributed by atoms with Crippen molar-refractivity contribution in [3.63, 3.8) is 0 Å². The third kappa shape index (κ3) is 6.04. The fraction of sp³-hybridized carbons (Fsp3) is 0.455. The highest BCUT2D eigenvalue weighted by Gasteiger charge is 2.27. The van der Waals surface area contributed by atoms with Crippen LogP contribution in [0.2, 0.25) is 0 Å². The van der Waals surface area contributed by atoms with E-state index in [1.807, 2.05) is 0 Å². The van der Waals surface area contributed by atoms with E-state index >= 15 is 0 Å². The van der Waals surface area contributed by atoms with Gasteiger partial charge < -0.3 is 30.6 Å². The van der Waals surface area contributed by atoms with Crippen LogP contribution in [0.1, 0.15) is 37.8 Å². The molecule has 0 bridgehead atoms. The van der Waals surface area contributed by atoms with Crippen molar-refractivity contribution >= 4 is 0 Å². The van der Waals surface area contributed by atoms with Crippen molar-refractivity contribution in [2.45, 2.75) is 51.7 Å². The number of hydrogen-bond donors (Lipinski definition) is 6. The highest BCUT2D eigenvalue weighted by molar-refractivity contribution is 5.41. The number of aliphatic hydroxyl groups excluding tert-OH is 2. The van der Waals surface area contributed by atoms with Gasteiger partial charge in [0.25, 0.3) is 0 Å². The van der Waals surface area contributed by atoms with Gasteiger partial charge in [0.05, 0.1) is 12.2 Å². The Labute approximate surface area is 165 Å². The Hall–Kier alpha value is -2.44. The van der Waals surface area contributed by atoms with Crippen LogP contribution in [0.15, 0.2) is 36.4 Å². The lowest BCUT2D eigenvalue weighted by Gasteiger charge is -2.30. The summed E-state index contributed by atoms with van der Waals surface area (Å²) in [6.07, 6.45) is 1.17. The van der Waals surface area contributed by atoms with E-state index in [-0.39, 0.29) is 34.8 Å². The number of rotatable bonds is 9. The Bertz CT molecular complexity index is 772.